The number of nitrogens with two attached hydrogens (primary N) is 1. The van der Waals surface area contributed by atoms with Crippen molar-refractivity contribution in [3.05, 3.63) is 41.7 Å². The molecule has 0 atom stereocenters. The summed E-state index contributed by atoms with van der Waals surface area (Å²) < 4.78 is 22.3. The van der Waals surface area contributed by atoms with Gasteiger partial charge < -0.3 is 15.2 Å². The average molecular weight is 238 g/mol. The third-order valence-electron chi connectivity index (χ3n) is 2.16. The number of benzene rings is 1. The highest BCUT2D eigenvalue weighted by atomic mass is 19.1. The number of hydrogen-bond donors (Lipinski definition) is 2. The molecule has 0 saturated carbocycles. The molecule has 0 amide bonds. The van der Waals surface area contributed by atoms with Gasteiger partial charge in [-0.3, -0.25) is 5.41 Å². The van der Waals surface area contributed by atoms with Crippen molar-refractivity contribution >= 4 is 5.90 Å². The van der Waals surface area contributed by atoms with E-state index in [1.54, 1.807) is 24.3 Å². The number of halogens is 1. The Bertz CT molecular complexity index is 401. The van der Waals surface area contributed by atoms with Gasteiger partial charge in [0.25, 0.3) is 0 Å². The molecule has 0 radical (unpaired) electrons. The minimum Gasteiger partial charge on any atom is -0.489 e. The Morgan fingerprint density at radius 1 is 1.41 bits per heavy atom. The van der Waals surface area contributed by atoms with E-state index in [1.807, 2.05) is 0 Å². The maximum absolute atomic E-state index is 12.2. The van der Waals surface area contributed by atoms with Crippen molar-refractivity contribution in [3.8, 4) is 5.75 Å². The van der Waals surface area contributed by atoms with Gasteiger partial charge in [-0.15, -0.1) is 0 Å². The molecule has 0 aliphatic rings. The van der Waals surface area contributed by atoms with Gasteiger partial charge >= 0.3 is 0 Å². The number of nitrogens with one attached hydrogen (secondary N) is 1. The van der Waals surface area contributed by atoms with E-state index in [-0.39, 0.29) is 19.0 Å². The molecule has 0 fully saturated rings. The van der Waals surface area contributed by atoms with Crippen LogP contribution in [0.1, 0.15) is 5.56 Å². The van der Waals surface area contributed by atoms with Gasteiger partial charge in [0.05, 0.1) is 13.4 Å². The van der Waals surface area contributed by atoms with Crippen molar-refractivity contribution in [3.63, 3.8) is 0 Å². The summed E-state index contributed by atoms with van der Waals surface area (Å²) >= 11 is 0. The lowest BCUT2D eigenvalue weighted by molar-refractivity contribution is 0.347. The maximum Gasteiger partial charge on any atom is 0.212 e. The molecule has 0 heterocycles. The van der Waals surface area contributed by atoms with Gasteiger partial charge in [-0.2, -0.15) is 0 Å². The third-order valence-corrected chi connectivity index (χ3v) is 2.16. The van der Waals surface area contributed by atoms with E-state index in [9.17, 15) is 4.39 Å². The Kier molecular flexibility index (Phi) is 5.16. The molecule has 0 unspecified atom stereocenters. The highest BCUT2D eigenvalue weighted by Crippen LogP contribution is 2.13. The van der Waals surface area contributed by atoms with Gasteiger partial charge in [0, 0.05) is 17.7 Å². The van der Waals surface area contributed by atoms with E-state index >= 15 is 0 Å². The van der Waals surface area contributed by atoms with E-state index in [4.69, 9.17) is 20.6 Å². The molecule has 3 N–H and O–H groups in total. The van der Waals surface area contributed by atoms with E-state index in [0.717, 1.165) is 0 Å². The summed E-state index contributed by atoms with van der Waals surface area (Å²) in [7, 11) is 1.44. The van der Waals surface area contributed by atoms with E-state index in [0.29, 0.717) is 23.2 Å². The lowest BCUT2D eigenvalue weighted by atomic mass is 10.2. The molecule has 0 aliphatic carbocycles. The summed E-state index contributed by atoms with van der Waals surface area (Å²) in [5, 5.41) is 7.44. The zero-order valence-electron chi connectivity index (χ0n) is 9.57. The SMILES string of the molecule is COC(=N)c1ccc(OC/C(=C/F)CN)cc1. The Morgan fingerprint density at radius 2 is 2.06 bits per heavy atom. The number of methoxy groups -OCH3 is 1. The summed E-state index contributed by atoms with van der Waals surface area (Å²) in [6, 6.07) is 6.77. The molecule has 1 aromatic rings. The van der Waals surface area contributed by atoms with Crippen molar-refractivity contribution < 1.29 is 13.9 Å². The van der Waals surface area contributed by atoms with Crippen molar-refractivity contribution in [2.45, 2.75) is 0 Å². The van der Waals surface area contributed by atoms with Gasteiger partial charge in [-0.1, -0.05) is 0 Å². The second-order valence-electron chi connectivity index (χ2n) is 3.32. The second kappa shape index (κ2) is 6.65. The molecule has 0 aliphatic heterocycles. The fourth-order valence-corrected chi connectivity index (χ4v) is 1.13. The summed E-state index contributed by atoms with van der Waals surface area (Å²) in [5.74, 6) is 0.674. The molecule has 0 saturated heterocycles. The highest BCUT2D eigenvalue weighted by molar-refractivity contribution is 5.91. The third kappa shape index (κ3) is 3.88. The van der Waals surface area contributed by atoms with Gasteiger partial charge in [0.15, 0.2) is 0 Å². The quantitative estimate of drug-likeness (QED) is 0.607. The summed E-state index contributed by atoms with van der Waals surface area (Å²) in [6.07, 6.45) is 0.453. The first-order valence-electron chi connectivity index (χ1n) is 5.05. The molecule has 1 rings (SSSR count). The Labute approximate surface area is 99.3 Å². The van der Waals surface area contributed by atoms with Crippen LogP contribution in [0, 0.1) is 5.41 Å². The van der Waals surface area contributed by atoms with Crippen LogP contribution in [0.3, 0.4) is 0 Å². The lowest BCUT2D eigenvalue weighted by Crippen LogP contribution is -2.10. The van der Waals surface area contributed by atoms with Crippen molar-refractivity contribution in [1.82, 2.24) is 0 Å². The molecular formula is C12H15FN2O2. The summed E-state index contributed by atoms with van der Waals surface area (Å²) in [4.78, 5) is 0. The predicted octanol–water partition coefficient (Wildman–Crippen LogP) is 1.85. The largest absolute Gasteiger partial charge is 0.489 e. The minimum absolute atomic E-state index is 0.0860. The van der Waals surface area contributed by atoms with Crippen LogP contribution in [-0.2, 0) is 4.74 Å². The van der Waals surface area contributed by atoms with Gasteiger partial charge in [0.1, 0.15) is 12.4 Å². The standard InChI is InChI=1S/C12H15FN2O2/c1-16-12(15)10-2-4-11(5-3-10)17-8-9(6-13)7-14/h2-6,15H,7-8,14H2,1H3/b9-6+,15-12?. The molecule has 1 aromatic carbocycles. The van der Waals surface area contributed by atoms with Crippen LogP contribution in [-0.4, -0.2) is 26.2 Å². The number of ether oxygens (including phenoxy) is 2. The number of rotatable bonds is 5. The first-order chi connectivity index (χ1) is 8.21. The molecule has 0 bridgehead atoms. The van der Waals surface area contributed by atoms with Crippen molar-refractivity contribution in [2.24, 2.45) is 5.73 Å². The van der Waals surface area contributed by atoms with Crippen LogP contribution in [0.25, 0.3) is 0 Å². The van der Waals surface area contributed by atoms with E-state index in [2.05, 4.69) is 0 Å². The zero-order chi connectivity index (χ0) is 12.7. The predicted molar refractivity (Wildman–Crippen MR) is 64.0 cm³/mol. The van der Waals surface area contributed by atoms with Crippen molar-refractivity contribution in [1.29, 1.82) is 5.41 Å². The van der Waals surface area contributed by atoms with E-state index in [1.165, 1.54) is 7.11 Å². The molecule has 4 nitrogen and oxygen atoms in total. The molecule has 5 heteroatoms. The van der Waals surface area contributed by atoms with Crippen LogP contribution in [0.5, 0.6) is 5.75 Å². The zero-order valence-corrected chi connectivity index (χ0v) is 9.57. The van der Waals surface area contributed by atoms with Gasteiger partial charge in [-0.05, 0) is 24.3 Å². The maximum atomic E-state index is 12.2. The monoisotopic (exact) mass is 238 g/mol. The molecular weight excluding hydrogens is 223 g/mol. The highest BCUT2D eigenvalue weighted by Gasteiger charge is 2.02. The normalized spacial score (nSPS) is 11.1. The Morgan fingerprint density at radius 3 is 2.53 bits per heavy atom. The van der Waals surface area contributed by atoms with Gasteiger partial charge in [0.2, 0.25) is 5.90 Å². The molecule has 92 valence electrons. The fourth-order valence-electron chi connectivity index (χ4n) is 1.13. The number of hydrogen-bond acceptors (Lipinski definition) is 4. The van der Waals surface area contributed by atoms with Gasteiger partial charge in [-0.25, -0.2) is 4.39 Å². The Balaban J connectivity index is 2.60. The second-order valence-corrected chi connectivity index (χ2v) is 3.32. The first kappa shape index (κ1) is 13.2. The summed E-state index contributed by atoms with van der Waals surface area (Å²) in [5.41, 5.74) is 6.34. The molecule has 17 heavy (non-hydrogen) atoms. The smallest absolute Gasteiger partial charge is 0.212 e. The minimum atomic E-state index is 0.0860. The first-order valence-corrected chi connectivity index (χ1v) is 5.05. The van der Waals surface area contributed by atoms with E-state index < -0.39 is 0 Å². The molecule has 0 aromatic heterocycles. The Hall–Kier alpha value is -1.88. The van der Waals surface area contributed by atoms with Crippen LogP contribution >= 0.6 is 0 Å². The van der Waals surface area contributed by atoms with Crippen LogP contribution < -0.4 is 10.5 Å². The van der Waals surface area contributed by atoms with Crippen LogP contribution in [0.4, 0.5) is 4.39 Å². The lowest BCUT2D eigenvalue weighted by Gasteiger charge is -2.08. The topological polar surface area (TPSA) is 68.3 Å². The molecule has 0 spiro atoms. The summed E-state index contributed by atoms with van der Waals surface area (Å²) in [6.45, 7) is 0.247. The van der Waals surface area contributed by atoms with Crippen molar-refractivity contribution in [2.75, 3.05) is 20.3 Å². The van der Waals surface area contributed by atoms with Crippen LogP contribution in [0.15, 0.2) is 36.2 Å². The fraction of sp³-hybridized carbons (Fsp3) is 0.250. The van der Waals surface area contributed by atoms with Crippen LogP contribution in [0.2, 0.25) is 0 Å². The average Bonchev–Trinajstić information content (AvgIpc) is 2.39.